The number of carbonyl (C=O) groups excluding carboxylic acids is 1. The van der Waals surface area contributed by atoms with Crippen molar-refractivity contribution >= 4 is 17.2 Å². The van der Waals surface area contributed by atoms with Gasteiger partial charge in [0, 0.05) is 13.1 Å². The molecule has 3 heterocycles. The van der Waals surface area contributed by atoms with Crippen LogP contribution in [0.2, 0.25) is 0 Å². The predicted molar refractivity (Wildman–Crippen MR) is 71.0 cm³/mol. The van der Waals surface area contributed by atoms with Gasteiger partial charge in [0.1, 0.15) is 17.4 Å². The summed E-state index contributed by atoms with van der Waals surface area (Å²) < 4.78 is 5.18. The average molecular weight is 278 g/mol. The van der Waals surface area contributed by atoms with Crippen LogP contribution in [0.4, 0.5) is 0 Å². The summed E-state index contributed by atoms with van der Waals surface area (Å²) in [6, 6.07) is 3.79. The van der Waals surface area contributed by atoms with Crippen LogP contribution in [0.3, 0.4) is 0 Å². The first-order valence-corrected chi connectivity index (χ1v) is 7.07. The highest BCUT2D eigenvalue weighted by molar-refractivity contribution is 7.13. The lowest BCUT2D eigenvalue weighted by Crippen LogP contribution is -2.42. The van der Waals surface area contributed by atoms with Crippen LogP contribution >= 0.6 is 11.3 Å². The number of likely N-dealkylation sites (tertiary alicyclic amines) is 1. The summed E-state index contributed by atoms with van der Waals surface area (Å²) in [6.45, 7) is 3.09. The van der Waals surface area contributed by atoms with Gasteiger partial charge in [0.2, 0.25) is 0 Å². The molecule has 1 aliphatic heterocycles. The maximum atomic E-state index is 12.4. The summed E-state index contributed by atoms with van der Waals surface area (Å²) >= 11 is 1.50. The first kappa shape index (κ1) is 12.4. The highest BCUT2D eigenvalue weighted by Gasteiger charge is 2.32. The summed E-state index contributed by atoms with van der Waals surface area (Å²) in [5.74, 6) is 0.145. The quantitative estimate of drug-likeness (QED) is 0.935. The molecule has 0 aromatic carbocycles. The van der Waals surface area contributed by atoms with Gasteiger partial charge in [-0.1, -0.05) is 11.2 Å². The van der Waals surface area contributed by atoms with Crippen molar-refractivity contribution < 1.29 is 14.4 Å². The van der Waals surface area contributed by atoms with Crippen molar-refractivity contribution in [3.8, 4) is 10.6 Å². The highest BCUT2D eigenvalue weighted by Crippen LogP contribution is 2.33. The minimum atomic E-state index is -0.846. The number of aromatic nitrogens is 1. The molecule has 1 unspecified atom stereocenters. The Hall–Kier alpha value is -1.66. The minimum absolute atomic E-state index is 0.105. The van der Waals surface area contributed by atoms with Crippen molar-refractivity contribution in [2.24, 2.45) is 0 Å². The fraction of sp³-hybridized carbons (Fsp3) is 0.385. The van der Waals surface area contributed by atoms with Gasteiger partial charge in [0.15, 0.2) is 5.76 Å². The van der Waals surface area contributed by atoms with Gasteiger partial charge in [-0.05, 0) is 24.8 Å². The SMILES string of the molecule is CC(O)c1onc(-c2cccs2)c1C(=O)N1CCC1. The monoisotopic (exact) mass is 278 g/mol. The Morgan fingerprint density at radius 3 is 2.89 bits per heavy atom. The van der Waals surface area contributed by atoms with Gasteiger partial charge in [-0.3, -0.25) is 4.79 Å². The number of aliphatic hydroxyl groups excluding tert-OH is 1. The Labute approximate surface area is 114 Å². The summed E-state index contributed by atoms with van der Waals surface area (Å²) in [4.78, 5) is 15.1. The van der Waals surface area contributed by atoms with E-state index in [1.807, 2.05) is 17.5 Å². The summed E-state index contributed by atoms with van der Waals surface area (Å²) in [5.41, 5.74) is 0.931. The normalized spacial score (nSPS) is 16.2. The van der Waals surface area contributed by atoms with Crippen LogP contribution in [-0.4, -0.2) is 34.2 Å². The van der Waals surface area contributed by atoms with Gasteiger partial charge in [0.25, 0.3) is 5.91 Å². The zero-order valence-electron chi connectivity index (χ0n) is 10.5. The van der Waals surface area contributed by atoms with Crippen molar-refractivity contribution in [3.63, 3.8) is 0 Å². The fourth-order valence-electron chi connectivity index (χ4n) is 2.05. The number of hydrogen-bond donors (Lipinski definition) is 1. The van der Waals surface area contributed by atoms with Crippen molar-refractivity contribution in [3.05, 3.63) is 28.8 Å². The third-order valence-corrected chi connectivity index (χ3v) is 4.09. The fourth-order valence-corrected chi connectivity index (χ4v) is 2.77. The van der Waals surface area contributed by atoms with Crippen molar-refractivity contribution in [1.29, 1.82) is 0 Å². The Bertz CT molecular complexity index is 585. The molecule has 0 radical (unpaired) electrons. The molecule has 2 aromatic heterocycles. The standard InChI is InChI=1S/C13H14N2O3S/c1-8(16)12-10(13(17)15-5-3-6-15)11(14-18-12)9-4-2-7-19-9/h2,4,7-8,16H,3,5-6H2,1H3. The van der Waals surface area contributed by atoms with E-state index < -0.39 is 6.10 Å². The van der Waals surface area contributed by atoms with Crippen LogP contribution in [0, 0.1) is 0 Å². The number of amides is 1. The van der Waals surface area contributed by atoms with E-state index in [4.69, 9.17) is 4.52 Å². The largest absolute Gasteiger partial charge is 0.385 e. The topological polar surface area (TPSA) is 66.6 Å². The zero-order valence-corrected chi connectivity index (χ0v) is 11.3. The van der Waals surface area contributed by atoms with E-state index in [1.165, 1.54) is 11.3 Å². The minimum Gasteiger partial charge on any atom is -0.385 e. The van der Waals surface area contributed by atoms with Gasteiger partial charge < -0.3 is 14.5 Å². The van der Waals surface area contributed by atoms with E-state index in [0.29, 0.717) is 11.3 Å². The Morgan fingerprint density at radius 1 is 1.58 bits per heavy atom. The lowest BCUT2D eigenvalue weighted by molar-refractivity contribution is 0.0641. The second kappa shape index (κ2) is 4.79. The van der Waals surface area contributed by atoms with Gasteiger partial charge in [0.05, 0.1) is 4.88 Å². The van der Waals surface area contributed by atoms with Crippen LogP contribution in [0.15, 0.2) is 22.0 Å². The maximum absolute atomic E-state index is 12.4. The maximum Gasteiger partial charge on any atom is 0.259 e. The molecule has 100 valence electrons. The molecule has 1 N–H and O–H groups in total. The van der Waals surface area contributed by atoms with Gasteiger partial charge in [-0.2, -0.15) is 0 Å². The molecule has 1 amide bonds. The summed E-state index contributed by atoms with van der Waals surface area (Å²) in [5, 5.41) is 15.6. The molecule has 6 heteroatoms. The average Bonchev–Trinajstić information content (AvgIpc) is 2.95. The molecule has 1 fully saturated rings. The number of hydrogen-bond acceptors (Lipinski definition) is 5. The number of nitrogens with zero attached hydrogens (tertiary/aromatic N) is 2. The van der Waals surface area contributed by atoms with E-state index in [9.17, 15) is 9.90 Å². The number of rotatable bonds is 3. The molecular formula is C13H14N2O3S. The molecule has 0 aliphatic carbocycles. The summed E-state index contributed by atoms with van der Waals surface area (Å²) in [6.07, 6.45) is 0.177. The second-order valence-electron chi connectivity index (χ2n) is 4.57. The smallest absolute Gasteiger partial charge is 0.259 e. The Balaban J connectivity index is 2.07. The third-order valence-electron chi connectivity index (χ3n) is 3.21. The van der Waals surface area contributed by atoms with E-state index in [0.717, 1.165) is 24.4 Å². The van der Waals surface area contributed by atoms with Gasteiger partial charge in [-0.15, -0.1) is 11.3 Å². The first-order valence-electron chi connectivity index (χ1n) is 6.19. The third kappa shape index (κ3) is 2.06. The molecule has 2 aromatic rings. The molecule has 0 saturated carbocycles. The predicted octanol–water partition coefficient (Wildman–Crippen LogP) is 2.30. The number of aliphatic hydroxyl groups is 1. The van der Waals surface area contributed by atoms with Crippen LogP contribution in [0.5, 0.6) is 0 Å². The van der Waals surface area contributed by atoms with E-state index in [2.05, 4.69) is 5.16 Å². The molecule has 19 heavy (non-hydrogen) atoms. The van der Waals surface area contributed by atoms with Crippen LogP contribution in [0.1, 0.15) is 35.6 Å². The zero-order chi connectivity index (χ0) is 13.4. The van der Waals surface area contributed by atoms with Crippen molar-refractivity contribution in [2.45, 2.75) is 19.4 Å². The molecule has 0 bridgehead atoms. The molecular weight excluding hydrogens is 264 g/mol. The summed E-state index contributed by atoms with van der Waals surface area (Å²) in [7, 11) is 0. The molecule has 0 spiro atoms. The Kier molecular flexibility index (Phi) is 3.12. The van der Waals surface area contributed by atoms with E-state index >= 15 is 0 Å². The lowest BCUT2D eigenvalue weighted by Gasteiger charge is -2.30. The van der Waals surface area contributed by atoms with Crippen molar-refractivity contribution in [2.75, 3.05) is 13.1 Å². The van der Waals surface area contributed by atoms with Crippen LogP contribution in [0.25, 0.3) is 10.6 Å². The molecule has 1 atom stereocenters. The molecule has 5 nitrogen and oxygen atoms in total. The van der Waals surface area contributed by atoms with Gasteiger partial charge in [-0.25, -0.2) is 0 Å². The second-order valence-corrected chi connectivity index (χ2v) is 5.52. The van der Waals surface area contributed by atoms with Crippen LogP contribution < -0.4 is 0 Å². The Morgan fingerprint density at radius 2 is 2.37 bits per heavy atom. The van der Waals surface area contributed by atoms with E-state index in [-0.39, 0.29) is 11.7 Å². The highest BCUT2D eigenvalue weighted by atomic mass is 32.1. The number of carbonyl (C=O) groups is 1. The molecule has 3 rings (SSSR count). The van der Waals surface area contributed by atoms with E-state index in [1.54, 1.807) is 11.8 Å². The first-order chi connectivity index (χ1) is 9.18. The van der Waals surface area contributed by atoms with Crippen LogP contribution in [-0.2, 0) is 0 Å². The molecule has 1 aliphatic rings. The van der Waals surface area contributed by atoms with Gasteiger partial charge >= 0.3 is 0 Å². The van der Waals surface area contributed by atoms with Crippen molar-refractivity contribution in [1.82, 2.24) is 10.1 Å². The lowest BCUT2D eigenvalue weighted by atomic mass is 10.1. The molecule has 1 saturated heterocycles. The number of thiophene rings is 1.